The third-order valence-corrected chi connectivity index (χ3v) is 3.40. The zero-order valence-electron chi connectivity index (χ0n) is 11.2. The number of rotatable bonds is 1. The highest BCUT2D eigenvalue weighted by Crippen LogP contribution is 2.26. The molecule has 0 saturated heterocycles. The fraction of sp³-hybridized carbons (Fsp3) is 0.583. The van der Waals surface area contributed by atoms with Crippen molar-refractivity contribution in [3.05, 3.63) is 10.6 Å². The number of aromatic nitrogens is 1. The molecule has 0 atom stereocenters. The molecule has 0 bridgehead atoms. The minimum absolute atomic E-state index is 0.123. The number of aryl methyl sites for hydroxylation is 1. The van der Waals surface area contributed by atoms with E-state index in [1.165, 1.54) is 11.3 Å². The summed E-state index contributed by atoms with van der Waals surface area (Å²) >= 11 is 1.18. The Labute approximate surface area is 115 Å². The van der Waals surface area contributed by atoms with E-state index in [1.54, 1.807) is 20.8 Å². The maximum absolute atomic E-state index is 11.7. The van der Waals surface area contributed by atoms with Gasteiger partial charge in [0.15, 0.2) is 5.13 Å². The predicted octanol–water partition coefficient (Wildman–Crippen LogP) is 2.17. The summed E-state index contributed by atoms with van der Waals surface area (Å²) in [5.74, 6) is -0.123. The summed E-state index contributed by atoms with van der Waals surface area (Å²) in [4.78, 5) is 28.2. The second-order valence-corrected chi connectivity index (χ2v) is 6.28. The SMILES string of the molecule is CC(C)(C)OC(=O)Nc1nc2c(s1)C(=O)NCCC2. The molecule has 104 valence electrons. The maximum Gasteiger partial charge on any atom is 0.413 e. The highest BCUT2D eigenvalue weighted by Gasteiger charge is 2.22. The molecule has 6 nitrogen and oxygen atoms in total. The number of carbonyl (C=O) groups excluding carboxylic acids is 2. The lowest BCUT2D eigenvalue weighted by atomic mass is 10.2. The molecule has 7 heteroatoms. The van der Waals surface area contributed by atoms with Crippen LogP contribution in [0.15, 0.2) is 0 Å². The van der Waals surface area contributed by atoms with E-state index in [4.69, 9.17) is 4.74 Å². The molecule has 1 aromatic heterocycles. The Morgan fingerprint density at radius 2 is 2.21 bits per heavy atom. The summed E-state index contributed by atoms with van der Waals surface area (Å²) in [6.07, 6.45) is 1.03. The van der Waals surface area contributed by atoms with E-state index < -0.39 is 11.7 Å². The van der Waals surface area contributed by atoms with Crippen molar-refractivity contribution in [1.82, 2.24) is 10.3 Å². The number of fused-ring (bicyclic) bond motifs is 1. The van der Waals surface area contributed by atoms with E-state index in [0.717, 1.165) is 18.5 Å². The van der Waals surface area contributed by atoms with Crippen LogP contribution in [-0.2, 0) is 11.2 Å². The summed E-state index contributed by atoms with van der Waals surface area (Å²) < 4.78 is 5.14. The third-order valence-electron chi connectivity index (χ3n) is 2.39. The van der Waals surface area contributed by atoms with Gasteiger partial charge in [-0.25, -0.2) is 9.78 Å². The van der Waals surface area contributed by atoms with E-state index in [1.807, 2.05) is 0 Å². The van der Waals surface area contributed by atoms with Gasteiger partial charge in [-0.2, -0.15) is 0 Å². The van der Waals surface area contributed by atoms with Gasteiger partial charge >= 0.3 is 6.09 Å². The Hall–Kier alpha value is -1.63. The largest absolute Gasteiger partial charge is 0.444 e. The lowest BCUT2D eigenvalue weighted by Crippen LogP contribution is -2.27. The fourth-order valence-corrected chi connectivity index (χ4v) is 2.59. The van der Waals surface area contributed by atoms with Gasteiger partial charge in [0.2, 0.25) is 0 Å². The molecule has 0 unspecified atom stereocenters. The number of nitrogens with one attached hydrogen (secondary N) is 2. The molecule has 0 radical (unpaired) electrons. The van der Waals surface area contributed by atoms with Gasteiger partial charge in [-0.3, -0.25) is 10.1 Å². The fourth-order valence-electron chi connectivity index (χ4n) is 1.68. The maximum atomic E-state index is 11.7. The standard InChI is InChI=1S/C12H17N3O3S/c1-12(2,3)18-11(17)15-10-14-7-5-4-6-13-9(16)8(7)19-10/h4-6H2,1-3H3,(H,13,16)(H,14,15,17). The van der Waals surface area contributed by atoms with E-state index >= 15 is 0 Å². The van der Waals surface area contributed by atoms with Crippen LogP contribution in [0.5, 0.6) is 0 Å². The molecule has 2 heterocycles. The average Bonchev–Trinajstić information content (AvgIpc) is 2.57. The minimum Gasteiger partial charge on any atom is -0.444 e. The topological polar surface area (TPSA) is 80.3 Å². The number of anilines is 1. The smallest absolute Gasteiger partial charge is 0.413 e. The monoisotopic (exact) mass is 283 g/mol. The summed E-state index contributed by atoms with van der Waals surface area (Å²) in [7, 11) is 0. The second-order valence-electron chi connectivity index (χ2n) is 5.28. The number of hydrogen-bond acceptors (Lipinski definition) is 5. The van der Waals surface area contributed by atoms with Gasteiger partial charge in [0.05, 0.1) is 5.69 Å². The summed E-state index contributed by atoms with van der Waals surface area (Å²) in [5, 5.41) is 5.76. The van der Waals surface area contributed by atoms with Crippen LogP contribution in [0, 0.1) is 0 Å². The van der Waals surface area contributed by atoms with Crippen LogP contribution in [0.4, 0.5) is 9.93 Å². The number of hydrogen-bond donors (Lipinski definition) is 2. The Morgan fingerprint density at radius 3 is 2.89 bits per heavy atom. The summed E-state index contributed by atoms with van der Waals surface area (Å²) in [6.45, 7) is 6.03. The summed E-state index contributed by atoms with van der Waals surface area (Å²) in [6, 6.07) is 0. The zero-order valence-corrected chi connectivity index (χ0v) is 12.0. The van der Waals surface area contributed by atoms with Gasteiger partial charge in [-0.15, -0.1) is 0 Å². The Kier molecular flexibility index (Phi) is 3.75. The molecule has 0 saturated carbocycles. The Bertz CT molecular complexity index is 505. The second kappa shape index (κ2) is 5.16. The van der Waals surface area contributed by atoms with Crippen LogP contribution in [-0.4, -0.2) is 29.1 Å². The van der Waals surface area contributed by atoms with E-state index in [9.17, 15) is 9.59 Å². The van der Waals surface area contributed by atoms with Gasteiger partial charge in [0, 0.05) is 6.54 Å². The van der Waals surface area contributed by atoms with E-state index in [0.29, 0.717) is 16.6 Å². The van der Waals surface area contributed by atoms with E-state index in [-0.39, 0.29) is 5.91 Å². The number of carbonyl (C=O) groups is 2. The molecular weight excluding hydrogens is 266 g/mol. The molecule has 1 aromatic rings. The van der Waals surface area contributed by atoms with E-state index in [2.05, 4.69) is 15.6 Å². The molecule has 2 N–H and O–H groups in total. The third kappa shape index (κ3) is 3.66. The van der Waals surface area contributed by atoms with Crippen molar-refractivity contribution in [3.63, 3.8) is 0 Å². The highest BCUT2D eigenvalue weighted by atomic mass is 32.1. The Balaban J connectivity index is 2.09. The van der Waals surface area contributed by atoms with Crippen LogP contribution in [0.3, 0.4) is 0 Å². The van der Waals surface area contributed by atoms with Crippen LogP contribution in [0.1, 0.15) is 42.6 Å². The first-order valence-electron chi connectivity index (χ1n) is 6.13. The molecule has 19 heavy (non-hydrogen) atoms. The average molecular weight is 283 g/mol. The predicted molar refractivity (Wildman–Crippen MR) is 72.6 cm³/mol. The number of nitrogens with zero attached hydrogens (tertiary/aromatic N) is 1. The highest BCUT2D eigenvalue weighted by molar-refractivity contribution is 7.17. The molecule has 1 aliphatic heterocycles. The van der Waals surface area contributed by atoms with Crippen molar-refractivity contribution < 1.29 is 14.3 Å². The van der Waals surface area contributed by atoms with Gasteiger partial charge in [-0.05, 0) is 33.6 Å². The van der Waals surface area contributed by atoms with Crippen LogP contribution >= 0.6 is 11.3 Å². The van der Waals surface area contributed by atoms with Gasteiger partial charge in [0.25, 0.3) is 5.91 Å². The molecule has 2 rings (SSSR count). The van der Waals surface area contributed by atoms with Crippen LogP contribution in [0.2, 0.25) is 0 Å². The van der Waals surface area contributed by atoms with Crippen molar-refractivity contribution in [1.29, 1.82) is 0 Å². The van der Waals surface area contributed by atoms with Crippen LogP contribution < -0.4 is 10.6 Å². The molecule has 0 fully saturated rings. The first-order chi connectivity index (χ1) is 8.85. The Morgan fingerprint density at radius 1 is 1.47 bits per heavy atom. The lowest BCUT2D eigenvalue weighted by Gasteiger charge is -2.18. The number of thiazole rings is 1. The molecule has 2 amide bonds. The quantitative estimate of drug-likeness (QED) is 0.827. The van der Waals surface area contributed by atoms with Crippen molar-refractivity contribution in [2.24, 2.45) is 0 Å². The lowest BCUT2D eigenvalue weighted by molar-refractivity contribution is 0.0635. The minimum atomic E-state index is -0.560. The van der Waals surface area contributed by atoms with Crippen molar-refractivity contribution in [3.8, 4) is 0 Å². The summed E-state index contributed by atoms with van der Waals surface area (Å²) in [5.41, 5.74) is 0.182. The van der Waals surface area contributed by atoms with Gasteiger partial charge in [0.1, 0.15) is 10.5 Å². The molecule has 0 spiro atoms. The molecule has 0 aliphatic carbocycles. The van der Waals surface area contributed by atoms with Gasteiger partial charge < -0.3 is 10.1 Å². The first kappa shape index (κ1) is 13.8. The first-order valence-corrected chi connectivity index (χ1v) is 6.95. The molecular formula is C12H17N3O3S. The number of amides is 2. The van der Waals surface area contributed by atoms with Crippen LogP contribution in [0.25, 0.3) is 0 Å². The van der Waals surface area contributed by atoms with Crippen molar-refractivity contribution >= 4 is 28.5 Å². The molecule has 1 aliphatic rings. The normalized spacial score (nSPS) is 15.2. The number of ether oxygens (including phenoxy) is 1. The van der Waals surface area contributed by atoms with Crippen molar-refractivity contribution in [2.75, 3.05) is 11.9 Å². The zero-order chi connectivity index (χ0) is 14.0. The van der Waals surface area contributed by atoms with Gasteiger partial charge in [-0.1, -0.05) is 11.3 Å². The molecule has 0 aromatic carbocycles. The van der Waals surface area contributed by atoms with Crippen molar-refractivity contribution in [2.45, 2.75) is 39.2 Å².